The fourth-order valence-corrected chi connectivity index (χ4v) is 2.08. The van der Waals surface area contributed by atoms with Gasteiger partial charge in [0, 0.05) is 31.0 Å². The first-order chi connectivity index (χ1) is 9.63. The van der Waals surface area contributed by atoms with E-state index >= 15 is 0 Å². The molecule has 0 aliphatic heterocycles. The molecular weight excluding hydrogens is 250 g/mol. The van der Waals surface area contributed by atoms with Gasteiger partial charge in [0.1, 0.15) is 5.82 Å². The number of nitrogens with zero attached hydrogens (tertiary/aromatic N) is 2. The summed E-state index contributed by atoms with van der Waals surface area (Å²) < 4.78 is 5.59. The molecule has 4 heteroatoms. The van der Waals surface area contributed by atoms with Gasteiger partial charge in [-0.15, -0.1) is 0 Å². The van der Waals surface area contributed by atoms with Crippen molar-refractivity contribution in [2.24, 2.45) is 0 Å². The molecule has 0 saturated heterocycles. The Morgan fingerprint density at radius 1 is 1.20 bits per heavy atom. The molecule has 20 heavy (non-hydrogen) atoms. The number of hydrogen-bond acceptors (Lipinski definition) is 4. The summed E-state index contributed by atoms with van der Waals surface area (Å²) in [7, 11) is 1.86. The maximum atomic E-state index is 5.59. The second kappa shape index (κ2) is 6.48. The lowest BCUT2D eigenvalue weighted by atomic mass is 10.1. The lowest BCUT2D eigenvalue weighted by Crippen LogP contribution is -2.00. The predicted molar refractivity (Wildman–Crippen MR) is 81.8 cm³/mol. The van der Waals surface area contributed by atoms with Gasteiger partial charge in [-0.1, -0.05) is 24.3 Å². The van der Waals surface area contributed by atoms with E-state index in [2.05, 4.69) is 34.3 Å². The number of ether oxygens (including phenoxy) is 1. The van der Waals surface area contributed by atoms with Crippen molar-refractivity contribution in [1.82, 2.24) is 9.97 Å². The maximum absolute atomic E-state index is 5.59. The normalized spacial score (nSPS) is 12.2. The van der Waals surface area contributed by atoms with Crippen LogP contribution < -0.4 is 5.32 Å². The summed E-state index contributed by atoms with van der Waals surface area (Å²) in [5.74, 6) is 1.57. The molecule has 1 N–H and O–H groups in total. The molecule has 1 atom stereocenters. The van der Waals surface area contributed by atoms with Crippen molar-refractivity contribution in [3.05, 3.63) is 41.6 Å². The Balaban J connectivity index is 2.28. The summed E-state index contributed by atoms with van der Waals surface area (Å²) in [5.41, 5.74) is 3.13. The molecule has 0 fully saturated rings. The topological polar surface area (TPSA) is 47.0 Å². The molecule has 0 radical (unpaired) electrons. The Bertz CT molecular complexity index is 566. The highest BCUT2D eigenvalue weighted by Crippen LogP contribution is 2.22. The van der Waals surface area contributed by atoms with Crippen LogP contribution in [0.15, 0.2) is 30.3 Å². The van der Waals surface area contributed by atoms with E-state index in [1.165, 1.54) is 0 Å². The van der Waals surface area contributed by atoms with Gasteiger partial charge < -0.3 is 10.1 Å². The quantitative estimate of drug-likeness (QED) is 0.902. The standard InChI is InChI=1S/C16H21N3O/c1-5-20-12(3)13-6-8-14(9-7-13)16-18-11(2)10-15(17-4)19-16/h6-10,12H,5H2,1-4H3,(H,17,18,19). The van der Waals surface area contributed by atoms with Crippen molar-refractivity contribution in [2.45, 2.75) is 26.9 Å². The monoisotopic (exact) mass is 271 g/mol. The van der Waals surface area contributed by atoms with E-state index in [4.69, 9.17) is 4.74 Å². The van der Waals surface area contributed by atoms with Crippen molar-refractivity contribution in [3.63, 3.8) is 0 Å². The molecule has 1 aromatic heterocycles. The summed E-state index contributed by atoms with van der Waals surface area (Å²) in [6.45, 7) is 6.75. The second-order valence-corrected chi connectivity index (χ2v) is 4.69. The van der Waals surface area contributed by atoms with Gasteiger partial charge in [-0.25, -0.2) is 9.97 Å². The molecule has 0 aliphatic rings. The van der Waals surface area contributed by atoms with Crippen molar-refractivity contribution in [2.75, 3.05) is 19.0 Å². The van der Waals surface area contributed by atoms with E-state index in [9.17, 15) is 0 Å². The Labute approximate surface area is 120 Å². The molecule has 2 rings (SSSR count). The SMILES string of the molecule is CCOC(C)c1ccc(-c2nc(C)cc(NC)n2)cc1. The summed E-state index contributed by atoms with van der Waals surface area (Å²) in [4.78, 5) is 8.96. The van der Waals surface area contributed by atoms with E-state index < -0.39 is 0 Å². The van der Waals surface area contributed by atoms with Crippen LogP contribution in [-0.4, -0.2) is 23.6 Å². The Hall–Kier alpha value is -1.94. The summed E-state index contributed by atoms with van der Waals surface area (Å²) in [6, 6.07) is 10.1. The third-order valence-corrected chi connectivity index (χ3v) is 3.17. The van der Waals surface area contributed by atoms with Crippen molar-refractivity contribution in [3.8, 4) is 11.4 Å². The Kier molecular flexibility index (Phi) is 4.69. The van der Waals surface area contributed by atoms with Crippen LogP contribution in [-0.2, 0) is 4.74 Å². The lowest BCUT2D eigenvalue weighted by Gasteiger charge is -2.12. The number of anilines is 1. The first-order valence-corrected chi connectivity index (χ1v) is 6.89. The van der Waals surface area contributed by atoms with E-state index in [-0.39, 0.29) is 6.10 Å². The number of benzene rings is 1. The van der Waals surface area contributed by atoms with Crippen LogP contribution >= 0.6 is 0 Å². The zero-order valence-corrected chi connectivity index (χ0v) is 12.5. The van der Waals surface area contributed by atoms with Gasteiger partial charge in [-0.05, 0) is 26.3 Å². The minimum absolute atomic E-state index is 0.111. The van der Waals surface area contributed by atoms with E-state index in [0.29, 0.717) is 0 Å². The number of hydrogen-bond donors (Lipinski definition) is 1. The zero-order chi connectivity index (χ0) is 14.5. The maximum Gasteiger partial charge on any atom is 0.161 e. The average molecular weight is 271 g/mol. The molecule has 0 amide bonds. The van der Waals surface area contributed by atoms with Gasteiger partial charge in [0.25, 0.3) is 0 Å². The highest BCUT2D eigenvalue weighted by atomic mass is 16.5. The van der Waals surface area contributed by atoms with Crippen molar-refractivity contribution in [1.29, 1.82) is 0 Å². The molecule has 2 aromatic rings. The third-order valence-electron chi connectivity index (χ3n) is 3.17. The number of nitrogens with one attached hydrogen (secondary N) is 1. The minimum Gasteiger partial charge on any atom is -0.374 e. The highest BCUT2D eigenvalue weighted by Gasteiger charge is 2.07. The minimum atomic E-state index is 0.111. The predicted octanol–water partition coefficient (Wildman–Crippen LogP) is 3.59. The van der Waals surface area contributed by atoms with E-state index in [1.807, 2.05) is 39.1 Å². The first-order valence-electron chi connectivity index (χ1n) is 6.89. The van der Waals surface area contributed by atoms with Crippen molar-refractivity contribution < 1.29 is 4.74 Å². The second-order valence-electron chi connectivity index (χ2n) is 4.69. The molecule has 1 aromatic carbocycles. The molecule has 4 nitrogen and oxygen atoms in total. The van der Waals surface area contributed by atoms with Crippen LogP contribution in [0.2, 0.25) is 0 Å². The largest absolute Gasteiger partial charge is 0.374 e. The molecule has 106 valence electrons. The fraction of sp³-hybridized carbons (Fsp3) is 0.375. The van der Waals surface area contributed by atoms with Crippen LogP contribution in [0.25, 0.3) is 11.4 Å². The summed E-state index contributed by atoms with van der Waals surface area (Å²) in [5, 5.41) is 3.05. The number of aromatic nitrogens is 2. The molecule has 1 unspecified atom stereocenters. The summed E-state index contributed by atoms with van der Waals surface area (Å²) in [6.07, 6.45) is 0.111. The fourth-order valence-electron chi connectivity index (χ4n) is 2.08. The number of aryl methyl sites for hydroxylation is 1. The van der Waals surface area contributed by atoms with E-state index in [0.717, 1.165) is 35.1 Å². The van der Waals surface area contributed by atoms with Gasteiger partial charge in [0.15, 0.2) is 5.82 Å². The third kappa shape index (κ3) is 3.33. The smallest absolute Gasteiger partial charge is 0.161 e. The van der Waals surface area contributed by atoms with Gasteiger partial charge >= 0.3 is 0 Å². The molecule has 1 heterocycles. The molecular formula is C16H21N3O. The number of rotatable bonds is 5. The Morgan fingerprint density at radius 3 is 2.50 bits per heavy atom. The van der Waals surface area contributed by atoms with Gasteiger partial charge in [-0.2, -0.15) is 0 Å². The highest BCUT2D eigenvalue weighted by molar-refractivity contribution is 5.58. The summed E-state index contributed by atoms with van der Waals surface area (Å²) >= 11 is 0. The van der Waals surface area contributed by atoms with Crippen LogP contribution in [0, 0.1) is 6.92 Å². The molecule has 0 bridgehead atoms. The molecule has 0 spiro atoms. The first kappa shape index (κ1) is 14.5. The van der Waals surface area contributed by atoms with Crippen molar-refractivity contribution >= 4 is 5.82 Å². The lowest BCUT2D eigenvalue weighted by molar-refractivity contribution is 0.0764. The van der Waals surface area contributed by atoms with Crippen LogP contribution in [0.4, 0.5) is 5.82 Å². The Morgan fingerprint density at radius 2 is 1.90 bits per heavy atom. The average Bonchev–Trinajstić information content (AvgIpc) is 2.47. The molecule has 0 aliphatic carbocycles. The van der Waals surface area contributed by atoms with Gasteiger partial charge in [-0.3, -0.25) is 0 Å². The van der Waals surface area contributed by atoms with E-state index in [1.54, 1.807) is 0 Å². The molecule has 0 saturated carbocycles. The zero-order valence-electron chi connectivity index (χ0n) is 12.5. The van der Waals surface area contributed by atoms with Gasteiger partial charge in [0.05, 0.1) is 6.10 Å². The van der Waals surface area contributed by atoms with Gasteiger partial charge in [0.2, 0.25) is 0 Å². The van der Waals surface area contributed by atoms with Crippen LogP contribution in [0.1, 0.15) is 31.2 Å². The van der Waals surface area contributed by atoms with Crippen LogP contribution in [0.3, 0.4) is 0 Å². The van der Waals surface area contributed by atoms with Crippen LogP contribution in [0.5, 0.6) is 0 Å².